The Bertz CT molecular complexity index is 2550. The Morgan fingerprint density at radius 3 is 1.92 bits per heavy atom. The van der Waals surface area contributed by atoms with E-state index in [4.69, 9.17) is 10.5 Å². The minimum Gasteiger partial charge on any atom is -0.480 e. The molecule has 0 unspecified atom stereocenters. The molecule has 4 heterocycles. The van der Waals surface area contributed by atoms with Gasteiger partial charge in [0.25, 0.3) is 0 Å². The van der Waals surface area contributed by atoms with Crippen molar-refractivity contribution in [2.75, 3.05) is 25.0 Å². The van der Waals surface area contributed by atoms with Crippen molar-refractivity contribution in [1.29, 1.82) is 10.5 Å². The van der Waals surface area contributed by atoms with E-state index in [1.54, 1.807) is 31.0 Å². The molecule has 0 spiro atoms. The maximum absolute atomic E-state index is 13.2. The molecule has 2 aliphatic rings. The second-order valence-electron chi connectivity index (χ2n) is 16.1. The molecule has 2 N–H and O–H groups in total. The number of amides is 1. The van der Waals surface area contributed by atoms with E-state index in [2.05, 4.69) is 43.8 Å². The number of nitrogens with one attached hydrogen (secondary N) is 1. The highest BCUT2D eigenvalue weighted by molar-refractivity contribution is 6.09. The van der Waals surface area contributed by atoms with E-state index in [9.17, 15) is 19.5 Å². The third-order valence-electron chi connectivity index (χ3n) is 12.0. The fourth-order valence-electron chi connectivity index (χ4n) is 8.52. The summed E-state index contributed by atoms with van der Waals surface area (Å²) in [5, 5.41) is 31.0. The number of carboxylic acids is 1. The average Bonchev–Trinajstić information content (AvgIpc) is 4.15. The highest BCUT2D eigenvalue weighted by atomic mass is 16.4. The van der Waals surface area contributed by atoms with E-state index in [0.717, 1.165) is 67.0 Å². The van der Waals surface area contributed by atoms with Crippen LogP contribution in [-0.2, 0) is 35.6 Å². The molecule has 1 amide bonds. The van der Waals surface area contributed by atoms with Gasteiger partial charge >= 0.3 is 5.97 Å². The van der Waals surface area contributed by atoms with E-state index < -0.39 is 12.0 Å². The van der Waals surface area contributed by atoms with Crippen molar-refractivity contribution < 1.29 is 19.5 Å². The van der Waals surface area contributed by atoms with Crippen LogP contribution in [0.1, 0.15) is 82.2 Å². The van der Waals surface area contributed by atoms with Crippen LogP contribution in [0, 0.1) is 28.6 Å². The van der Waals surface area contributed by atoms with Crippen molar-refractivity contribution in [2.45, 2.75) is 70.7 Å². The van der Waals surface area contributed by atoms with Gasteiger partial charge in [-0.1, -0.05) is 67.9 Å². The molecule has 0 aliphatic carbocycles. The molecule has 2 fully saturated rings. The van der Waals surface area contributed by atoms with Crippen molar-refractivity contribution in [1.82, 2.24) is 28.9 Å². The first-order valence-corrected chi connectivity index (χ1v) is 21.4. The van der Waals surface area contributed by atoms with Crippen molar-refractivity contribution in [3.63, 3.8) is 0 Å². The Kier molecular flexibility index (Phi) is 14.5. The van der Waals surface area contributed by atoms with Gasteiger partial charge in [0.1, 0.15) is 6.04 Å². The molecule has 2 aromatic heterocycles. The van der Waals surface area contributed by atoms with Crippen LogP contribution in [0.5, 0.6) is 0 Å². The largest absolute Gasteiger partial charge is 0.480 e. The van der Waals surface area contributed by atoms with Gasteiger partial charge in [-0.2, -0.15) is 10.5 Å². The molecular weight excluding hydrogens is 791 g/mol. The molecule has 63 heavy (non-hydrogen) atoms. The fraction of sp³-hybridized carbons (Fsp3) is 0.300. The van der Waals surface area contributed by atoms with Crippen LogP contribution in [-0.4, -0.2) is 83.4 Å². The van der Waals surface area contributed by atoms with E-state index in [1.165, 1.54) is 0 Å². The van der Waals surface area contributed by atoms with Crippen molar-refractivity contribution >= 4 is 23.3 Å². The molecule has 13 nitrogen and oxygen atoms in total. The molecule has 4 aromatic carbocycles. The van der Waals surface area contributed by atoms with Crippen molar-refractivity contribution in [3.05, 3.63) is 173 Å². The maximum Gasteiger partial charge on any atom is 0.321 e. The van der Waals surface area contributed by atoms with Crippen LogP contribution in [0.2, 0.25) is 0 Å². The zero-order valence-electron chi connectivity index (χ0n) is 35.4. The van der Waals surface area contributed by atoms with Crippen LogP contribution in [0.15, 0.2) is 128 Å². The summed E-state index contributed by atoms with van der Waals surface area (Å²) in [6.45, 7) is 6.07. The zero-order chi connectivity index (χ0) is 44.1. The van der Waals surface area contributed by atoms with Crippen LogP contribution < -0.4 is 5.32 Å². The number of aromatic nitrogens is 4. The van der Waals surface area contributed by atoms with Gasteiger partial charge < -0.3 is 24.5 Å². The number of hydrogen-bond donors (Lipinski definition) is 2. The Balaban J connectivity index is 0.000000190. The zero-order valence-corrected chi connectivity index (χ0v) is 35.4. The number of aliphatic carboxylic acids is 1. The number of carboxylic acid groups (broad SMARTS) is 1. The molecule has 320 valence electrons. The van der Waals surface area contributed by atoms with Gasteiger partial charge in [-0.25, -0.2) is 9.97 Å². The van der Waals surface area contributed by atoms with Gasteiger partial charge in [-0.05, 0) is 91.4 Å². The maximum atomic E-state index is 13.2. The normalized spacial score (nSPS) is 17.0. The number of likely N-dealkylation sites (tertiary alicyclic amines) is 2. The SMILES string of the molecule is CC[C@H]1CCN(C[C@@H]2CCCN2C(=O)Cc2cncn2Cc2ccc(C#N)cc2)[C@@H]1C(=O)O.N#Cc1ccc(Cn2cncc2CNc2ccc(C(=O)c3ccccc3)cc2)cc1. The number of carbonyl (C=O) groups excluding carboxylic acids is 2. The minimum absolute atomic E-state index is 0.0163. The minimum atomic E-state index is -0.748. The molecule has 13 heteroatoms. The first-order chi connectivity index (χ1) is 30.7. The third-order valence-corrected chi connectivity index (χ3v) is 12.0. The molecule has 2 aliphatic heterocycles. The van der Waals surface area contributed by atoms with Crippen molar-refractivity contribution in [2.24, 2.45) is 5.92 Å². The highest BCUT2D eigenvalue weighted by Gasteiger charge is 2.41. The summed E-state index contributed by atoms with van der Waals surface area (Å²) in [5.41, 5.74) is 7.60. The number of ketones is 1. The molecule has 0 bridgehead atoms. The Hall–Kier alpha value is -7.35. The van der Waals surface area contributed by atoms with Crippen LogP contribution in [0.4, 0.5) is 5.69 Å². The van der Waals surface area contributed by atoms with E-state index >= 15 is 0 Å². The summed E-state index contributed by atoms with van der Waals surface area (Å²) in [5.74, 6) is -0.480. The first-order valence-electron chi connectivity index (χ1n) is 21.4. The summed E-state index contributed by atoms with van der Waals surface area (Å²) >= 11 is 0. The van der Waals surface area contributed by atoms with E-state index in [0.29, 0.717) is 48.4 Å². The predicted molar refractivity (Wildman–Crippen MR) is 238 cm³/mol. The lowest BCUT2D eigenvalue weighted by atomic mass is 9.97. The molecule has 0 radical (unpaired) electrons. The second kappa shape index (κ2) is 21.0. The van der Waals surface area contributed by atoms with Crippen LogP contribution in [0.25, 0.3) is 0 Å². The molecular formula is C50H51N9O4. The first kappa shape index (κ1) is 43.7. The lowest BCUT2D eigenvalue weighted by Crippen LogP contribution is -2.48. The number of carbonyl (C=O) groups is 3. The molecule has 8 rings (SSSR count). The number of anilines is 1. The van der Waals surface area contributed by atoms with Gasteiger partial charge in [-0.15, -0.1) is 0 Å². The topological polar surface area (TPSA) is 173 Å². The number of rotatable bonds is 15. The summed E-state index contributed by atoms with van der Waals surface area (Å²) in [7, 11) is 0. The van der Waals surface area contributed by atoms with Gasteiger partial charge in [-0.3, -0.25) is 19.3 Å². The monoisotopic (exact) mass is 841 g/mol. The van der Waals surface area contributed by atoms with Gasteiger partial charge in [0.05, 0.1) is 54.6 Å². The van der Waals surface area contributed by atoms with Crippen LogP contribution in [0.3, 0.4) is 0 Å². The summed E-state index contributed by atoms with van der Waals surface area (Å²) in [4.78, 5) is 50.1. The molecule has 0 saturated carbocycles. The molecule has 2 saturated heterocycles. The summed E-state index contributed by atoms with van der Waals surface area (Å²) in [6, 6.07) is 35.6. The van der Waals surface area contributed by atoms with E-state index in [1.807, 2.05) is 107 Å². The molecule has 3 atom stereocenters. The quantitative estimate of drug-likeness (QED) is 0.101. The van der Waals surface area contributed by atoms with Gasteiger partial charge in [0, 0.05) is 67.1 Å². The van der Waals surface area contributed by atoms with E-state index in [-0.39, 0.29) is 30.1 Å². The number of benzene rings is 4. The van der Waals surface area contributed by atoms with Crippen LogP contribution >= 0.6 is 0 Å². The lowest BCUT2D eigenvalue weighted by Gasteiger charge is -2.31. The number of nitriles is 2. The fourth-order valence-corrected chi connectivity index (χ4v) is 8.52. The average molecular weight is 842 g/mol. The van der Waals surface area contributed by atoms with Gasteiger partial charge in [0.15, 0.2) is 5.78 Å². The summed E-state index contributed by atoms with van der Waals surface area (Å²) < 4.78 is 4.04. The number of imidazole rings is 2. The highest BCUT2D eigenvalue weighted by Crippen LogP contribution is 2.30. The Morgan fingerprint density at radius 2 is 1.33 bits per heavy atom. The summed E-state index contributed by atoms with van der Waals surface area (Å²) in [6.07, 6.45) is 11.0. The Labute approximate surface area is 367 Å². The lowest BCUT2D eigenvalue weighted by molar-refractivity contribution is -0.143. The number of hydrogen-bond acceptors (Lipinski definition) is 9. The third kappa shape index (κ3) is 11.1. The standard InChI is InChI=1S/C25H31N5O3.C25H20N4O/c1-2-20-9-11-28(24(20)25(32)33)16-21-4-3-10-30(21)23(31)12-22-14-27-17-29(22)15-19-7-5-18(13-26)6-8-19;26-14-19-6-8-20(9-7-19)17-29-18-27-15-24(29)16-28-23-12-10-22(11-13-23)25(30)21-4-2-1-3-5-21/h5-8,14,17,20-21,24H,2-4,9-12,15-16H2,1H3,(H,32,33);1-13,15,18,28H,16-17H2/t20-,21-,24-;/m0./s1. The number of nitrogens with zero attached hydrogens (tertiary/aromatic N) is 8. The Morgan fingerprint density at radius 1 is 0.746 bits per heavy atom. The predicted octanol–water partition coefficient (Wildman–Crippen LogP) is 7.17. The molecule has 6 aromatic rings. The smallest absolute Gasteiger partial charge is 0.321 e. The van der Waals surface area contributed by atoms with Crippen molar-refractivity contribution in [3.8, 4) is 12.1 Å². The second-order valence-corrected chi connectivity index (χ2v) is 16.1. The van der Waals surface area contributed by atoms with Gasteiger partial charge in [0.2, 0.25) is 5.91 Å².